The van der Waals surface area contributed by atoms with Crippen molar-refractivity contribution < 1.29 is 10.2 Å². The lowest BCUT2D eigenvalue weighted by molar-refractivity contribution is 0.0572. The summed E-state index contributed by atoms with van der Waals surface area (Å²) < 4.78 is 0. The maximum absolute atomic E-state index is 9.73. The first-order chi connectivity index (χ1) is 9.24. The van der Waals surface area contributed by atoms with E-state index < -0.39 is 12.2 Å². The van der Waals surface area contributed by atoms with E-state index in [1.54, 1.807) is 0 Å². The van der Waals surface area contributed by atoms with Crippen molar-refractivity contribution >= 4 is 11.6 Å². The van der Waals surface area contributed by atoms with Crippen molar-refractivity contribution in [1.82, 2.24) is 9.97 Å². The Morgan fingerprint density at radius 2 is 1.70 bits per heavy atom. The zero-order valence-corrected chi connectivity index (χ0v) is 12.8. The van der Waals surface area contributed by atoms with Crippen molar-refractivity contribution in [2.45, 2.75) is 45.3 Å². The van der Waals surface area contributed by atoms with Gasteiger partial charge in [-0.2, -0.15) is 0 Å². The molecule has 0 radical (unpaired) electrons. The zero-order chi connectivity index (χ0) is 15.1. The molecule has 1 aromatic heterocycles. The Morgan fingerprint density at radius 1 is 1.15 bits per heavy atom. The number of nitrogens with one attached hydrogen (secondary N) is 1. The number of β-amino-alcohol motifs (C(OH)–C–C–N with tert-alkyl or cyclic N) is 2. The molecule has 2 atom stereocenters. The molecule has 1 saturated heterocycles. The third-order valence-corrected chi connectivity index (χ3v) is 3.59. The van der Waals surface area contributed by atoms with E-state index in [-0.39, 0.29) is 5.41 Å². The van der Waals surface area contributed by atoms with Gasteiger partial charge in [-0.05, 0) is 6.92 Å². The molecule has 1 aliphatic rings. The molecule has 2 heterocycles. The molecule has 1 fully saturated rings. The SMILES string of the molecule is CNc1nc(C(C)(C)C)nc(N2CC(O)C(O)C2)c1C. The molecule has 20 heavy (non-hydrogen) atoms. The van der Waals surface area contributed by atoms with Crippen molar-refractivity contribution in [3.05, 3.63) is 11.4 Å². The van der Waals surface area contributed by atoms with Gasteiger partial charge in [0.05, 0.1) is 12.2 Å². The average molecular weight is 280 g/mol. The van der Waals surface area contributed by atoms with E-state index in [1.165, 1.54) is 0 Å². The van der Waals surface area contributed by atoms with Gasteiger partial charge in [-0.15, -0.1) is 0 Å². The predicted molar refractivity (Wildman–Crippen MR) is 79.2 cm³/mol. The van der Waals surface area contributed by atoms with Crippen LogP contribution in [0.15, 0.2) is 0 Å². The molecule has 0 amide bonds. The highest BCUT2D eigenvalue weighted by Gasteiger charge is 2.32. The first kappa shape index (κ1) is 15.0. The number of hydrogen-bond acceptors (Lipinski definition) is 6. The van der Waals surface area contributed by atoms with Crippen molar-refractivity contribution in [3.8, 4) is 0 Å². The molecule has 0 spiro atoms. The Bertz CT molecular complexity index is 489. The standard InChI is InChI=1S/C14H24N4O2/c1-8-11(15-5)16-13(14(2,3)4)17-12(8)18-6-9(19)10(20)7-18/h9-10,19-20H,6-7H2,1-5H3,(H,15,16,17). The van der Waals surface area contributed by atoms with Crippen LogP contribution in [0.5, 0.6) is 0 Å². The van der Waals surface area contributed by atoms with Gasteiger partial charge in [0, 0.05) is 31.1 Å². The van der Waals surface area contributed by atoms with Crippen LogP contribution in [0.1, 0.15) is 32.2 Å². The van der Waals surface area contributed by atoms with Crippen molar-refractivity contribution in [3.63, 3.8) is 0 Å². The molecule has 6 nitrogen and oxygen atoms in total. The summed E-state index contributed by atoms with van der Waals surface area (Å²) in [5, 5.41) is 22.5. The summed E-state index contributed by atoms with van der Waals surface area (Å²) in [4.78, 5) is 11.1. The highest BCUT2D eigenvalue weighted by Crippen LogP contribution is 2.30. The van der Waals surface area contributed by atoms with Gasteiger partial charge in [0.25, 0.3) is 0 Å². The van der Waals surface area contributed by atoms with Gasteiger partial charge in [-0.3, -0.25) is 0 Å². The van der Waals surface area contributed by atoms with E-state index in [2.05, 4.69) is 36.1 Å². The lowest BCUT2D eigenvalue weighted by atomic mass is 9.95. The van der Waals surface area contributed by atoms with E-state index in [0.29, 0.717) is 13.1 Å². The molecular weight excluding hydrogens is 256 g/mol. The van der Waals surface area contributed by atoms with E-state index >= 15 is 0 Å². The molecule has 0 bridgehead atoms. The quantitative estimate of drug-likeness (QED) is 0.738. The minimum atomic E-state index is -0.722. The van der Waals surface area contributed by atoms with Crippen LogP contribution in [0.25, 0.3) is 0 Å². The third kappa shape index (κ3) is 2.71. The zero-order valence-electron chi connectivity index (χ0n) is 12.8. The van der Waals surface area contributed by atoms with Crippen molar-refractivity contribution in [2.24, 2.45) is 0 Å². The molecule has 1 aliphatic heterocycles. The highest BCUT2D eigenvalue weighted by atomic mass is 16.3. The Morgan fingerprint density at radius 3 is 2.15 bits per heavy atom. The molecule has 0 saturated carbocycles. The summed E-state index contributed by atoms with van der Waals surface area (Å²) in [5.41, 5.74) is 0.771. The van der Waals surface area contributed by atoms with Crippen LogP contribution in [0.2, 0.25) is 0 Å². The highest BCUT2D eigenvalue weighted by molar-refractivity contribution is 5.59. The number of aliphatic hydroxyl groups excluding tert-OH is 2. The summed E-state index contributed by atoms with van der Waals surface area (Å²) in [5.74, 6) is 2.32. The Hall–Kier alpha value is -1.40. The lowest BCUT2D eigenvalue weighted by Gasteiger charge is -2.24. The molecule has 6 heteroatoms. The van der Waals surface area contributed by atoms with Gasteiger partial charge < -0.3 is 20.4 Å². The Balaban J connectivity index is 2.47. The van der Waals surface area contributed by atoms with E-state index in [4.69, 9.17) is 0 Å². The molecule has 1 aromatic rings. The largest absolute Gasteiger partial charge is 0.389 e. The molecule has 112 valence electrons. The molecule has 2 unspecified atom stereocenters. The van der Waals surface area contributed by atoms with Gasteiger partial charge in [0.15, 0.2) is 0 Å². The molecule has 3 N–H and O–H groups in total. The number of anilines is 2. The molecule has 2 rings (SSSR count). The van der Waals surface area contributed by atoms with Crippen molar-refractivity contribution in [1.29, 1.82) is 0 Å². The number of aliphatic hydroxyl groups is 2. The van der Waals surface area contributed by atoms with Crippen LogP contribution < -0.4 is 10.2 Å². The molecule has 0 aliphatic carbocycles. The van der Waals surface area contributed by atoms with Crippen LogP contribution >= 0.6 is 0 Å². The van der Waals surface area contributed by atoms with Crippen LogP contribution in [0.3, 0.4) is 0 Å². The second-order valence-corrected chi connectivity index (χ2v) is 6.38. The van der Waals surface area contributed by atoms with Crippen LogP contribution in [-0.4, -0.2) is 52.5 Å². The van der Waals surface area contributed by atoms with Crippen LogP contribution in [-0.2, 0) is 5.41 Å². The molecular formula is C14H24N4O2. The van der Waals surface area contributed by atoms with E-state index in [1.807, 2.05) is 18.9 Å². The van der Waals surface area contributed by atoms with Crippen LogP contribution in [0.4, 0.5) is 11.6 Å². The first-order valence-corrected chi connectivity index (χ1v) is 6.92. The topological polar surface area (TPSA) is 81.5 Å². The fourth-order valence-electron chi connectivity index (χ4n) is 2.33. The fourth-order valence-corrected chi connectivity index (χ4v) is 2.33. The molecule has 0 aromatic carbocycles. The third-order valence-electron chi connectivity index (χ3n) is 3.59. The second-order valence-electron chi connectivity index (χ2n) is 6.38. The van der Waals surface area contributed by atoms with Crippen LogP contribution in [0, 0.1) is 6.92 Å². The first-order valence-electron chi connectivity index (χ1n) is 6.92. The predicted octanol–water partition coefficient (Wildman–Crippen LogP) is 0.666. The minimum Gasteiger partial charge on any atom is -0.389 e. The maximum atomic E-state index is 9.73. The monoisotopic (exact) mass is 280 g/mol. The lowest BCUT2D eigenvalue weighted by Crippen LogP contribution is -2.26. The minimum absolute atomic E-state index is 0.162. The smallest absolute Gasteiger partial charge is 0.138 e. The Kier molecular flexibility index (Phi) is 3.88. The van der Waals surface area contributed by atoms with Gasteiger partial charge in [-0.1, -0.05) is 20.8 Å². The summed E-state index contributed by atoms with van der Waals surface area (Å²) in [6.45, 7) is 8.93. The van der Waals surface area contributed by atoms with Gasteiger partial charge in [0.1, 0.15) is 17.5 Å². The second kappa shape index (κ2) is 5.18. The van der Waals surface area contributed by atoms with E-state index in [9.17, 15) is 10.2 Å². The normalized spacial score (nSPS) is 23.2. The van der Waals surface area contributed by atoms with Gasteiger partial charge in [-0.25, -0.2) is 9.97 Å². The summed E-state index contributed by atoms with van der Waals surface area (Å²) >= 11 is 0. The van der Waals surface area contributed by atoms with Gasteiger partial charge >= 0.3 is 0 Å². The number of nitrogens with zero attached hydrogens (tertiary/aromatic N) is 3. The summed E-state index contributed by atoms with van der Waals surface area (Å²) in [7, 11) is 1.83. The maximum Gasteiger partial charge on any atom is 0.138 e. The summed E-state index contributed by atoms with van der Waals surface area (Å²) in [6.07, 6.45) is -1.44. The fraction of sp³-hybridized carbons (Fsp3) is 0.714. The number of hydrogen-bond donors (Lipinski definition) is 3. The number of rotatable bonds is 2. The Labute approximate surface area is 119 Å². The summed E-state index contributed by atoms with van der Waals surface area (Å²) in [6, 6.07) is 0. The van der Waals surface area contributed by atoms with E-state index in [0.717, 1.165) is 23.0 Å². The van der Waals surface area contributed by atoms with Crippen molar-refractivity contribution in [2.75, 3.05) is 30.4 Å². The number of aromatic nitrogens is 2. The average Bonchev–Trinajstić information content (AvgIpc) is 2.68. The van der Waals surface area contributed by atoms with Gasteiger partial charge in [0.2, 0.25) is 0 Å².